The second-order valence-electron chi connectivity index (χ2n) is 4.88. The Kier molecular flexibility index (Phi) is 3.91. The van der Waals surface area contributed by atoms with Gasteiger partial charge in [0.25, 0.3) is 5.91 Å². The summed E-state index contributed by atoms with van der Waals surface area (Å²) in [6.45, 7) is -0.126. The van der Waals surface area contributed by atoms with Crippen LogP contribution in [-0.4, -0.2) is 50.3 Å². The van der Waals surface area contributed by atoms with Gasteiger partial charge in [-0.3, -0.25) is 4.79 Å². The van der Waals surface area contributed by atoms with Gasteiger partial charge in [-0.15, -0.1) is 10.2 Å². The van der Waals surface area contributed by atoms with Crippen molar-refractivity contribution in [2.45, 2.75) is 12.7 Å². The van der Waals surface area contributed by atoms with Crippen molar-refractivity contribution in [2.75, 3.05) is 13.2 Å². The Morgan fingerprint density at radius 1 is 1.33 bits per heavy atom. The van der Waals surface area contributed by atoms with Gasteiger partial charge in [-0.05, 0) is 17.3 Å². The molecule has 0 aliphatic carbocycles. The van der Waals surface area contributed by atoms with E-state index >= 15 is 0 Å². The monoisotopic (exact) mass is 341 g/mol. The molecule has 1 aromatic carbocycles. The third kappa shape index (κ3) is 3.19. The third-order valence-corrected chi connectivity index (χ3v) is 3.24. The normalized spacial score (nSPS) is 14.8. The molecule has 0 bridgehead atoms. The largest absolute Gasteiger partial charge is 0.447 e. The van der Waals surface area contributed by atoms with Gasteiger partial charge in [0.1, 0.15) is 13.2 Å². The van der Waals surface area contributed by atoms with Crippen LogP contribution in [-0.2, 0) is 22.3 Å². The molecule has 3 rings (SSSR count). The van der Waals surface area contributed by atoms with Crippen molar-refractivity contribution >= 4 is 12.0 Å². The van der Waals surface area contributed by atoms with Crippen molar-refractivity contribution in [3.05, 3.63) is 29.8 Å². The summed E-state index contributed by atoms with van der Waals surface area (Å²) in [7, 11) is 0. The molecule has 126 valence electrons. The molecule has 1 aliphatic rings. The zero-order valence-electron chi connectivity index (χ0n) is 12.0. The topological polar surface area (TPSA) is 90.2 Å². The molecular weight excluding hydrogens is 331 g/mol. The summed E-state index contributed by atoms with van der Waals surface area (Å²) >= 11 is 0. The lowest BCUT2D eigenvalue weighted by Crippen LogP contribution is -2.35. The summed E-state index contributed by atoms with van der Waals surface area (Å²) in [5.74, 6) is -0.650. The number of hydrogen-bond donors (Lipinski definition) is 0. The van der Waals surface area contributed by atoms with Crippen LogP contribution in [0.15, 0.2) is 24.3 Å². The fraction of sp³-hybridized carbons (Fsp3) is 0.308. The first-order valence-electron chi connectivity index (χ1n) is 6.77. The molecule has 1 aromatic heterocycles. The number of rotatable bonds is 3. The first kappa shape index (κ1) is 15.9. The van der Waals surface area contributed by atoms with Gasteiger partial charge >= 0.3 is 12.3 Å². The van der Waals surface area contributed by atoms with Gasteiger partial charge in [0.05, 0.1) is 12.1 Å². The average molecular weight is 341 g/mol. The molecule has 0 spiro atoms. The van der Waals surface area contributed by atoms with Crippen molar-refractivity contribution < 1.29 is 27.5 Å². The molecule has 2 aromatic rings. The first-order chi connectivity index (χ1) is 11.3. The number of benzene rings is 1. The van der Waals surface area contributed by atoms with Crippen LogP contribution in [0.1, 0.15) is 5.56 Å². The Morgan fingerprint density at radius 2 is 2.12 bits per heavy atom. The number of nitrogens with zero attached hydrogens (tertiary/aromatic N) is 5. The molecule has 2 heterocycles. The lowest BCUT2D eigenvalue weighted by atomic mass is 10.1. The Bertz CT molecular complexity index is 789. The van der Waals surface area contributed by atoms with E-state index in [0.717, 1.165) is 21.8 Å². The van der Waals surface area contributed by atoms with Crippen molar-refractivity contribution in [1.82, 2.24) is 25.1 Å². The number of imide groups is 1. The molecule has 8 nitrogen and oxygen atoms in total. The summed E-state index contributed by atoms with van der Waals surface area (Å²) in [5, 5.41) is 11.1. The lowest BCUT2D eigenvalue weighted by molar-refractivity contribution is -0.137. The van der Waals surface area contributed by atoms with Crippen LogP contribution >= 0.6 is 0 Å². The Balaban J connectivity index is 1.76. The quantitative estimate of drug-likeness (QED) is 0.837. The fourth-order valence-electron chi connectivity index (χ4n) is 2.09. The summed E-state index contributed by atoms with van der Waals surface area (Å²) < 4.78 is 42.8. The number of carbonyl (C=O) groups excluding carboxylic acids is 2. The smallest absolute Gasteiger partial charge is 0.416 e. The SMILES string of the molecule is O=C(Cn1nnc(-c2cccc(C(F)(F)F)c2)n1)N1CCOC1=O. The van der Waals surface area contributed by atoms with Crippen LogP contribution in [0.4, 0.5) is 18.0 Å². The van der Waals surface area contributed by atoms with Crippen LogP contribution < -0.4 is 0 Å². The predicted octanol–water partition coefficient (Wildman–Crippen LogP) is 1.34. The molecule has 0 N–H and O–H groups in total. The fourth-order valence-corrected chi connectivity index (χ4v) is 2.09. The summed E-state index contributed by atoms with van der Waals surface area (Å²) in [5.41, 5.74) is -0.726. The van der Waals surface area contributed by atoms with Gasteiger partial charge in [0.2, 0.25) is 5.82 Å². The molecular formula is C13H10F3N5O3. The molecule has 1 saturated heterocycles. The van der Waals surface area contributed by atoms with Gasteiger partial charge in [-0.25, -0.2) is 9.69 Å². The van der Waals surface area contributed by atoms with Crippen LogP contribution in [0.5, 0.6) is 0 Å². The minimum atomic E-state index is -4.49. The molecule has 0 atom stereocenters. The summed E-state index contributed by atoms with van der Waals surface area (Å²) in [6, 6.07) is 4.44. The maximum absolute atomic E-state index is 12.7. The number of hydrogen-bond acceptors (Lipinski definition) is 6. The van der Waals surface area contributed by atoms with E-state index in [2.05, 4.69) is 20.1 Å². The predicted molar refractivity (Wildman–Crippen MR) is 71.3 cm³/mol. The minimum absolute atomic E-state index is 0.0575. The molecule has 11 heteroatoms. The van der Waals surface area contributed by atoms with Crippen molar-refractivity contribution in [3.8, 4) is 11.4 Å². The molecule has 0 unspecified atom stereocenters. The van der Waals surface area contributed by atoms with Gasteiger partial charge in [-0.1, -0.05) is 12.1 Å². The number of halogens is 3. The summed E-state index contributed by atoms with van der Waals surface area (Å²) in [4.78, 5) is 25.0. The number of amides is 2. The molecule has 0 saturated carbocycles. The summed E-state index contributed by atoms with van der Waals surface area (Å²) in [6.07, 6.45) is -5.24. The van der Waals surface area contributed by atoms with Gasteiger partial charge < -0.3 is 4.74 Å². The molecule has 2 amide bonds. The van der Waals surface area contributed by atoms with Crippen LogP contribution in [0.2, 0.25) is 0 Å². The highest BCUT2D eigenvalue weighted by Gasteiger charge is 2.31. The van der Waals surface area contributed by atoms with Crippen LogP contribution in [0.3, 0.4) is 0 Å². The zero-order valence-corrected chi connectivity index (χ0v) is 12.0. The van der Waals surface area contributed by atoms with E-state index in [4.69, 9.17) is 0 Å². The van der Waals surface area contributed by atoms with E-state index in [9.17, 15) is 22.8 Å². The molecule has 24 heavy (non-hydrogen) atoms. The van der Waals surface area contributed by atoms with E-state index in [1.165, 1.54) is 12.1 Å². The maximum Gasteiger partial charge on any atom is 0.416 e. The van der Waals surface area contributed by atoms with E-state index in [0.29, 0.717) is 0 Å². The second-order valence-corrected chi connectivity index (χ2v) is 4.88. The van der Waals surface area contributed by atoms with Gasteiger partial charge in [0.15, 0.2) is 0 Å². The minimum Gasteiger partial charge on any atom is -0.447 e. The molecule has 1 fully saturated rings. The maximum atomic E-state index is 12.7. The van der Waals surface area contributed by atoms with Crippen LogP contribution in [0.25, 0.3) is 11.4 Å². The molecule has 1 aliphatic heterocycles. The van der Waals surface area contributed by atoms with Crippen LogP contribution in [0, 0.1) is 0 Å². The zero-order chi connectivity index (χ0) is 17.3. The van der Waals surface area contributed by atoms with E-state index in [1.54, 1.807) is 0 Å². The lowest BCUT2D eigenvalue weighted by Gasteiger charge is -2.09. The molecule has 0 radical (unpaired) electrons. The second kappa shape index (κ2) is 5.91. The average Bonchev–Trinajstić information content (AvgIpc) is 3.15. The van der Waals surface area contributed by atoms with Crippen molar-refractivity contribution in [1.29, 1.82) is 0 Å². The Hall–Kier alpha value is -2.98. The van der Waals surface area contributed by atoms with E-state index in [-0.39, 0.29) is 31.1 Å². The number of tetrazole rings is 1. The van der Waals surface area contributed by atoms with Crippen molar-refractivity contribution in [3.63, 3.8) is 0 Å². The van der Waals surface area contributed by atoms with Crippen molar-refractivity contribution in [2.24, 2.45) is 0 Å². The highest BCUT2D eigenvalue weighted by atomic mass is 19.4. The van der Waals surface area contributed by atoms with Gasteiger partial charge in [0, 0.05) is 5.56 Å². The van der Waals surface area contributed by atoms with E-state index in [1.807, 2.05) is 0 Å². The third-order valence-electron chi connectivity index (χ3n) is 3.24. The number of alkyl halides is 3. The van der Waals surface area contributed by atoms with Gasteiger partial charge in [-0.2, -0.15) is 18.0 Å². The highest BCUT2D eigenvalue weighted by molar-refractivity contribution is 5.92. The standard InChI is InChI=1S/C13H10F3N5O3/c14-13(15,16)9-3-1-2-8(6-9)11-17-19-21(18-11)7-10(22)20-4-5-24-12(20)23/h1-3,6H,4-5,7H2. The number of ether oxygens (including phenoxy) is 1. The number of carbonyl (C=O) groups is 2. The Morgan fingerprint density at radius 3 is 2.79 bits per heavy atom. The number of cyclic esters (lactones) is 1. The Labute approximate surface area is 132 Å². The van der Waals surface area contributed by atoms with E-state index < -0.39 is 23.7 Å². The highest BCUT2D eigenvalue weighted by Crippen LogP contribution is 2.31. The number of aromatic nitrogens is 4. The first-order valence-corrected chi connectivity index (χ1v) is 6.77.